The first kappa shape index (κ1) is 13.4. The minimum Gasteiger partial charge on any atom is -0.0909 e. The second-order valence-electron chi connectivity index (χ2n) is 3.59. The van der Waals surface area contributed by atoms with Crippen molar-refractivity contribution in [3.8, 4) is 0 Å². The van der Waals surface area contributed by atoms with E-state index in [0.717, 1.165) is 20.1 Å². The Labute approximate surface area is 127 Å². The third-order valence-corrected chi connectivity index (χ3v) is 4.34. The minimum absolute atomic E-state index is 0.853. The van der Waals surface area contributed by atoms with E-state index in [9.17, 15) is 0 Å². The largest absolute Gasteiger partial charge is 0.168 e. The van der Waals surface area contributed by atoms with Crippen molar-refractivity contribution >= 4 is 55.1 Å². The van der Waals surface area contributed by atoms with Crippen LogP contribution in [0.1, 0.15) is 11.1 Å². The maximum atomic E-state index is 6.43. The maximum absolute atomic E-state index is 6.43. The van der Waals surface area contributed by atoms with Crippen LogP contribution in [0.15, 0.2) is 57.5 Å². The van der Waals surface area contributed by atoms with E-state index in [2.05, 4.69) is 31.9 Å². The Hall–Kier alpha value is -0.0200. The average molecular weight is 395 g/mol. The van der Waals surface area contributed by atoms with Crippen LogP contribution in [0.4, 0.5) is 0 Å². The highest BCUT2D eigenvalue weighted by atomic mass is 79.9. The topological polar surface area (TPSA) is 0 Å². The van der Waals surface area contributed by atoms with Crippen LogP contribution in [0.2, 0.25) is 0 Å². The van der Waals surface area contributed by atoms with Crippen molar-refractivity contribution in [3.05, 3.63) is 68.6 Å². The van der Waals surface area contributed by atoms with E-state index < -0.39 is 4.33 Å². The van der Waals surface area contributed by atoms with Gasteiger partial charge in [-0.05, 0) is 35.4 Å². The molecule has 0 N–H and O–H groups in total. The fourth-order valence-corrected chi connectivity index (χ4v) is 2.52. The van der Waals surface area contributed by atoms with Crippen LogP contribution in [0.5, 0.6) is 0 Å². The molecular formula is C13H8Br2Cl2. The lowest BCUT2D eigenvalue weighted by molar-refractivity contribution is 1.04. The predicted molar refractivity (Wildman–Crippen MR) is 80.8 cm³/mol. The van der Waals surface area contributed by atoms with Gasteiger partial charge in [-0.25, -0.2) is 0 Å². The molecule has 2 rings (SSSR count). The molecule has 0 fully saturated rings. The number of rotatable bonds is 2. The van der Waals surface area contributed by atoms with Gasteiger partial charge >= 0.3 is 0 Å². The molecule has 0 atom stereocenters. The number of hydrogen-bond donors (Lipinski definition) is 0. The van der Waals surface area contributed by atoms with Gasteiger partial charge in [-0.1, -0.05) is 79.3 Å². The first-order valence-corrected chi connectivity index (χ1v) is 7.24. The summed E-state index contributed by atoms with van der Waals surface area (Å²) in [7, 11) is 0. The van der Waals surface area contributed by atoms with Gasteiger partial charge in [0.1, 0.15) is 0 Å². The van der Waals surface area contributed by atoms with Crippen LogP contribution in [-0.2, 0) is 4.33 Å². The van der Waals surface area contributed by atoms with Gasteiger partial charge in [0, 0.05) is 8.95 Å². The number of benzene rings is 2. The normalized spacial score (nSPS) is 11.5. The van der Waals surface area contributed by atoms with Crippen LogP contribution in [-0.4, -0.2) is 0 Å². The van der Waals surface area contributed by atoms with Gasteiger partial charge in [0.2, 0.25) is 0 Å². The molecule has 0 amide bonds. The summed E-state index contributed by atoms with van der Waals surface area (Å²) < 4.78 is 0.976. The Kier molecular flexibility index (Phi) is 4.19. The van der Waals surface area contributed by atoms with E-state index in [1.165, 1.54) is 0 Å². The molecule has 0 aliphatic heterocycles. The highest BCUT2D eigenvalue weighted by molar-refractivity contribution is 9.10. The minimum atomic E-state index is -1.03. The van der Waals surface area contributed by atoms with E-state index in [1.54, 1.807) is 0 Å². The van der Waals surface area contributed by atoms with Crippen molar-refractivity contribution in [1.82, 2.24) is 0 Å². The number of alkyl halides is 2. The van der Waals surface area contributed by atoms with Crippen LogP contribution in [0.25, 0.3) is 0 Å². The van der Waals surface area contributed by atoms with Crippen molar-refractivity contribution in [2.45, 2.75) is 4.33 Å². The Morgan fingerprint density at radius 3 is 1.24 bits per heavy atom. The van der Waals surface area contributed by atoms with E-state index in [1.807, 2.05) is 48.5 Å². The van der Waals surface area contributed by atoms with Crippen molar-refractivity contribution < 1.29 is 0 Å². The third-order valence-electron chi connectivity index (χ3n) is 2.41. The zero-order chi connectivity index (χ0) is 12.5. The summed E-state index contributed by atoms with van der Waals surface area (Å²) >= 11 is 19.6. The summed E-state index contributed by atoms with van der Waals surface area (Å²) in [5.74, 6) is 0. The van der Waals surface area contributed by atoms with Crippen molar-refractivity contribution in [2.24, 2.45) is 0 Å². The lowest BCUT2D eigenvalue weighted by atomic mass is 10.0. The van der Waals surface area contributed by atoms with E-state index in [4.69, 9.17) is 23.2 Å². The smallest absolute Gasteiger partial charge is 0.0909 e. The third kappa shape index (κ3) is 3.05. The summed E-state index contributed by atoms with van der Waals surface area (Å²) in [6.45, 7) is 0. The van der Waals surface area contributed by atoms with Crippen molar-refractivity contribution in [2.75, 3.05) is 0 Å². The standard InChI is InChI=1S/C13H8Br2Cl2/c14-11-5-1-9(2-6-11)13(16,17)10-3-7-12(15)8-4-10/h1-8H. The Morgan fingerprint density at radius 2 is 0.941 bits per heavy atom. The summed E-state index contributed by atoms with van der Waals surface area (Å²) in [6.07, 6.45) is 0. The maximum Gasteiger partial charge on any atom is 0.168 e. The molecule has 0 spiro atoms. The summed E-state index contributed by atoms with van der Waals surface area (Å²) in [5, 5.41) is 0. The molecule has 0 aromatic heterocycles. The van der Waals surface area contributed by atoms with Gasteiger partial charge < -0.3 is 0 Å². The molecule has 0 radical (unpaired) electrons. The Balaban J connectivity index is 2.41. The highest BCUT2D eigenvalue weighted by Crippen LogP contribution is 2.41. The monoisotopic (exact) mass is 392 g/mol. The van der Waals surface area contributed by atoms with E-state index in [-0.39, 0.29) is 0 Å². The van der Waals surface area contributed by atoms with Crippen LogP contribution < -0.4 is 0 Å². The summed E-state index contributed by atoms with van der Waals surface area (Å²) in [6, 6.07) is 15.3. The highest BCUT2D eigenvalue weighted by Gasteiger charge is 2.28. The molecule has 2 aromatic carbocycles. The average Bonchev–Trinajstić information content (AvgIpc) is 2.30. The summed E-state index contributed by atoms with van der Waals surface area (Å²) in [5.41, 5.74) is 1.71. The van der Waals surface area contributed by atoms with Gasteiger partial charge in [-0.3, -0.25) is 0 Å². The zero-order valence-corrected chi connectivity index (χ0v) is 13.3. The summed E-state index contributed by atoms with van der Waals surface area (Å²) in [4.78, 5) is 0. The number of halogens is 4. The molecule has 0 unspecified atom stereocenters. The Bertz CT molecular complexity index is 456. The number of hydrogen-bond acceptors (Lipinski definition) is 0. The fraction of sp³-hybridized carbons (Fsp3) is 0.0769. The van der Waals surface area contributed by atoms with Crippen LogP contribution in [0, 0.1) is 0 Å². The van der Waals surface area contributed by atoms with Gasteiger partial charge in [-0.2, -0.15) is 0 Å². The molecule has 88 valence electrons. The SMILES string of the molecule is ClC(Cl)(c1ccc(Br)cc1)c1ccc(Br)cc1. The second-order valence-corrected chi connectivity index (χ2v) is 6.75. The first-order chi connectivity index (χ1) is 8.00. The molecule has 0 saturated carbocycles. The van der Waals surface area contributed by atoms with Gasteiger partial charge in [0.05, 0.1) is 0 Å². The Morgan fingerprint density at radius 1 is 0.647 bits per heavy atom. The molecule has 0 saturated heterocycles. The van der Waals surface area contributed by atoms with Crippen LogP contribution in [0.3, 0.4) is 0 Å². The molecule has 4 heteroatoms. The molecule has 2 aromatic rings. The lowest BCUT2D eigenvalue weighted by Gasteiger charge is -2.20. The molecule has 17 heavy (non-hydrogen) atoms. The second kappa shape index (κ2) is 5.31. The van der Waals surface area contributed by atoms with E-state index in [0.29, 0.717) is 0 Å². The zero-order valence-electron chi connectivity index (χ0n) is 8.63. The molecule has 0 bridgehead atoms. The first-order valence-electron chi connectivity index (χ1n) is 4.90. The quantitative estimate of drug-likeness (QED) is 0.557. The molecular weight excluding hydrogens is 387 g/mol. The van der Waals surface area contributed by atoms with Gasteiger partial charge in [0.15, 0.2) is 4.33 Å². The van der Waals surface area contributed by atoms with Crippen LogP contribution >= 0.6 is 55.1 Å². The predicted octanol–water partition coefficient (Wildman–Crippen LogP) is 5.89. The fourth-order valence-electron chi connectivity index (χ4n) is 1.49. The van der Waals surface area contributed by atoms with Crippen molar-refractivity contribution in [1.29, 1.82) is 0 Å². The molecule has 0 aliphatic rings. The van der Waals surface area contributed by atoms with Gasteiger partial charge in [-0.15, -0.1) is 0 Å². The molecule has 0 heterocycles. The van der Waals surface area contributed by atoms with Crippen molar-refractivity contribution in [3.63, 3.8) is 0 Å². The van der Waals surface area contributed by atoms with Gasteiger partial charge in [0.25, 0.3) is 0 Å². The van der Waals surface area contributed by atoms with E-state index >= 15 is 0 Å². The molecule has 0 aliphatic carbocycles. The lowest BCUT2D eigenvalue weighted by Crippen LogP contribution is -2.11. The molecule has 0 nitrogen and oxygen atoms in total.